The maximum absolute atomic E-state index is 5.74. The van der Waals surface area contributed by atoms with Gasteiger partial charge in [-0.2, -0.15) is 0 Å². The van der Waals surface area contributed by atoms with Crippen LogP contribution in [0.5, 0.6) is 0 Å². The Morgan fingerprint density at radius 3 is 1.06 bits per heavy atom. The molecule has 0 aromatic carbocycles. The summed E-state index contributed by atoms with van der Waals surface area (Å²) < 4.78 is 27.5. The maximum Gasteiger partial charge on any atom is 0.0700 e. The van der Waals surface area contributed by atoms with Gasteiger partial charge in [0.1, 0.15) is 0 Å². The molecular formula is C30H60O5. The van der Waals surface area contributed by atoms with E-state index in [9.17, 15) is 0 Å². The average molecular weight is 501 g/mol. The number of rotatable bonds is 32. The molecule has 0 aliphatic rings. The molecule has 0 fully saturated rings. The van der Waals surface area contributed by atoms with E-state index in [0.717, 1.165) is 59.1 Å². The van der Waals surface area contributed by atoms with Gasteiger partial charge in [-0.15, -0.1) is 6.58 Å². The standard InChI is InChI=1S/C30H60O5/c1-3-4-5-6-7-8-11-14-17-22-32-25-20-26-33-23-18-15-12-9-10-13-16-19-24-34-27-21-28-35-30-29-31-2/h3H,1,4-30H2,2H3. The number of allylic oxidation sites excluding steroid dienone is 1. The molecule has 0 heterocycles. The molecule has 0 aliphatic heterocycles. The largest absolute Gasteiger partial charge is 0.382 e. The SMILES string of the molecule is C=CCCCCCCCCCOCCCOCCCCCCCCCCOCCCOCCOC. The van der Waals surface area contributed by atoms with E-state index in [1.807, 2.05) is 6.08 Å². The Balaban J connectivity index is 3.00. The summed E-state index contributed by atoms with van der Waals surface area (Å²) in [6.45, 7) is 11.1. The van der Waals surface area contributed by atoms with Gasteiger partial charge in [-0.3, -0.25) is 0 Å². The molecule has 0 aliphatic carbocycles. The van der Waals surface area contributed by atoms with Gasteiger partial charge in [0.2, 0.25) is 0 Å². The monoisotopic (exact) mass is 500 g/mol. The molecule has 0 rings (SSSR count). The first-order valence-electron chi connectivity index (χ1n) is 14.8. The molecule has 0 saturated carbocycles. The molecule has 210 valence electrons. The van der Waals surface area contributed by atoms with Gasteiger partial charge in [-0.1, -0.05) is 76.7 Å². The molecule has 35 heavy (non-hydrogen) atoms. The van der Waals surface area contributed by atoms with Gasteiger partial charge >= 0.3 is 0 Å². The molecule has 5 nitrogen and oxygen atoms in total. The summed E-state index contributed by atoms with van der Waals surface area (Å²) in [4.78, 5) is 0. The zero-order chi connectivity index (χ0) is 25.3. The Bertz CT molecular complexity index is 378. The van der Waals surface area contributed by atoms with E-state index in [1.54, 1.807) is 7.11 Å². The third-order valence-electron chi connectivity index (χ3n) is 6.11. The van der Waals surface area contributed by atoms with Crippen molar-refractivity contribution in [2.75, 3.05) is 66.6 Å². The van der Waals surface area contributed by atoms with E-state index >= 15 is 0 Å². The van der Waals surface area contributed by atoms with Crippen LogP contribution in [-0.4, -0.2) is 66.6 Å². The average Bonchev–Trinajstić information content (AvgIpc) is 2.87. The minimum Gasteiger partial charge on any atom is -0.382 e. The van der Waals surface area contributed by atoms with Crippen molar-refractivity contribution in [3.63, 3.8) is 0 Å². The Kier molecular flexibility index (Phi) is 33.1. The predicted molar refractivity (Wildman–Crippen MR) is 148 cm³/mol. The molecule has 0 aromatic heterocycles. The molecule has 0 amide bonds. The summed E-state index contributed by atoms with van der Waals surface area (Å²) in [6.07, 6.45) is 24.8. The van der Waals surface area contributed by atoms with Crippen LogP contribution in [0.25, 0.3) is 0 Å². The molecule has 0 saturated heterocycles. The topological polar surface area (TPSA) is 46.2 Å². The Hall–Kier alpha value is -0.460. The Labute approximate surface area is 218 Å². The number of hydrogen-bond acceptors (Lipinski definition) is 5. The lowest BCUT2D eigenvalue weighted by Crippen LogP contribution is -2.06. The first-order chi connectivity index (χ1) is 17.4. The second-order valence-electron chi connectivity index (χ2n) is 9.53. The van der Waals surface area contributed by atoms with Crippen LogP contribution in [0.2, 0.25) is 0 Å². The second kappa shape index (κ2) is 33.5. The van der Waals surface area contributed by atoms with Crippen LogP contribution in [0.4, 0.5) is 0 Å². The molecule has 0 radical (unpaired) electrons. The van der Waals surface area contributed by atoms with Crippen molar-refractivity contribution >= 4 is 0 Å². The van der Waals surface area contributed by atoms with Gasteiger partial charge in [0, 0.05) is 53.4 Å². The third kappa shape index (κ3) is 33.5. The molecule has 0 aromatic rings. The van der Waals surface area contributed by atoms with Crippen LogP contribution >= 0.6 is 0 Å². The fourth-order valence-corrected chi connectivity index (χ4v) is 3.92. The first kappa shape index (κ1) is 34.5. The van der Waals surface area contributed by atoms with E-state index in [0.29, 0.717) is 13.2 Å². The highest BCUT2D eigenvalue weighted by Gasteiger charge is 1.96. The van der Waals surface area contributed by atoms with Gasteiger partial charge in [-0.05, 0) is 44.9 Å². The summed E-state index contributed by atoms with van der Waals surface area (Å²) in [6, 6.07) is 0. The fraction of sp³-hybridized carbons (Fsp3) is 0.933. The molecular weight excluding hydrogens is 440 g/mol. The maximum atomic E-state index is 5.74. The van der Waals surface area contributed by atoms with Crippen LogP contribution < -0.4 is 0 Å². The van der Waals surface area contributed by atoms with E-state index in [1.165, 1.54) is 103 Å². The smallest absolute Gasteiger partial charge is 0.0700 e. The van der Waals surface area contributed by atoms with Gasteiger partial charge in [0.25, 0.3) is 0 Å². The highest BCUT2D eigenvalue weighted by atomic mass is 16.5. The Morgan fingerprint density at radius 2 is 0.686 bits per heavy atom. The second-order valence-corrected chi connectivity index (χ2v) is 9.53. The zero-order valence-electron chi connectivity index (χ0n) is 23.4. The third-order valence-corrected chi connectivity index (χ3v) is 6.11. The number of methoxy groups -OCH3 is 1. The fourth-order valence-electron chi connectivity index (χ4n) is 3.92. The number of hydrogen-bond donors (Lipinski definition) is 0. The summed E-state index contributed by atoms with van der Waals surface area (Å²) in [5.41, 5.74) is 0. The van der Waals surface area contributed by atoms with E-state index in [-0.39, 0.29) is 0 Å². The van der Waals surface area contributed by atoms with Crippen molar-refractivity contribution in [1.29, 1.82) is 0 Å². The minimum atomic E-state index is 0.669. The van der Waals surface area contributed by atoms with Crippen molar-refractivity contribution in [2.45, 2.75) is 116 Å². The molecule has 0 unspecified atom stereocenters. The van der Waals surface area contributed by atoms with Crippen LogP contribution in [0.15, 0.2) is 12.7 Å². The zero-order valence-corrected chi connectivity index (χ0v) is 23.4. The lowest BCUT2D eigenvalue weighted by atomic mass is 10.1. The van der Waals surface area contributed by atoms with Crippen LogP contribution in [0.1, 0.15) is 116 Å². The lowest BCUT2D eigenvalue weighted by molar-refractivity contribution is 0.0508. The molecule has 0 atom stereocenters. The molecule has 0 N–H and O–H groups in total. The van der Waals surface area contributed by atoms with Crippen LogP contribution in [0.3, 0.4) is 0 Å². The quantitative estimate of drug-likeness (QED) is 0.0693. The lowest BCUT2D eigenvalue weighted by Gasteiger charge is -2.07. The Morgan fingerprint density at radius 1 is 0.371 bits per heavy atom. The predicted octanol–water partition coefficient (Wildman–Crippen LogP) is 7.91. The summed E-state index contributed by atoms with van der Waals surface area (Å²) >= 11 is 0. The van der Waals surface area contributed by atoms with Crippen LogP contribution in [-0.2, 0) is 23.7 Å². The van der Waals surface area contributed by atoms with Crippen molar-refractivity contribution in [3.8, 4) is 0 Å². The van der Waals surface area contributed by atoms with E-state index in [4.69, 9.17) is 23.7 Å². The molecule has 0 spiro atoms. The van der Waals surface area contributed by atoms with Gasteiger partial charge < -0.3 is 23.7 Å². The minimum absolute atomic E-state index is 0.669. The molecule has 5 heteroatoms. The summed E-state index contributed by atoms with van der Waals surface area (Å²) in [5, 5.41) is 0. The molecule has 0 bridgehead atoms. The highest BCUT2D eigenvalue weighted by molar-refractivity contribution is 4.65. The number of ether oxygens (including phenoxy) is 5. The van der Waals surface area contributed by atoms with Gasteiger partial charge in [-0.25, -0.2) is 0 Å². The van der Waals surface area contributed by atoms with E-state index in [2.05, 4.69) is 6.58 Å². The first-order valence-corrected chi connectivity index (χ1v) is 14.8. The van der Waals surface area contributed by atoms with Crippen molar-refractivity contribution in [3.05, 3.63) is 12.7 Å². The highest BCUT2D eigenvalue weighted by Crippen LogP contribution is 2.10. The van der Waals surface area contributed by atoms with Crippen molar-refractivity contribution in [2.24, 2.45) is 0 Å². The van der Waals surface area contributed by atoms with Crippen molar-refractivity contribution < 1.29 is 23.7 Å². The van der Waals surface area contributed by atoms with Gasteiger partial charge in [0.15, 0.2) is 0 Å². The van der Waals surface area contributed by atoms with Crippen LogP contribution in [0, 0.1) is 0 Å². The summed E-state index contributed by atoms with van der Waals surface area (Å²) in [5.74, 6) is 0. The van der Waals surface area contributed by atoms with Gasteiger partial charge in [0.05, 0.1) is 13.2 Å². The number of unbranched alkanes of at least 4 members (excludes halogenated alkanes) is 14. The normalized spacial score (nSPS) is 11.3. The summed E-state index contributed by atoms with van der Waals surface area (Å²) in [7, 11) is 1.69. The van der Waals surface area contributed by atoms with Crippen molar-refractivity contribution in [1.82, 2.24) is 0 Å². The van der Waals surface area contributed by atoms with E-state index < -0.39 is 0 Å².